The van der Waals surface area contributed by atoms with Gasteiger partial charge in [0.1, 0.15) is 6.04 Å². The first kappa shape index (κ1) is 15.2. The van der Waals surface area contributed by atoms with E-state index in [4.69, 9.17) is 0 Å². The Morgan fingerprint density at radius 1 is 1.52 bits per heavy atom. The number of hydrogen-bond donors (Lipinski definition) is 2. The molecular formula is C15H20BrN3OS. The van der Waals surface area contributed by atoms with Gasteiger partial charge in [0.05, 0.1) is 5.69 Å². The van der Waals surface area contributed by atoms with Crippen molar-refractivity contribution in [2.75, 3.05) is 35.3 Å². The van der Waals surface area contributed by atoms with Gasteiger partial charge in [0, 0.05) is 34.6 Å². The van der Waals surface area contributed by atoms with Gasteiger partial charge in [0.15, 0.2) is 0 Å². The molecule has 0 radical (unpaired) electrons. The van der Waals surface area contributed by atoms with Crippen LogP contribution in [0.3, 0.4) is 0 Å². The molecule has 2 aliphatic heterocycles. The molecular weight excluding hydrogens is 350 g/mol. The van der Waals surface area contributed by atoms with E-state index in [0.717, 1.165) is 28.0 Å². The molecule has 1 fully saturated rings. The zero-order valence-corrected chi connectivity index (χ0v) is 14.7. The van der Waals surface area contributed by atoms with Crippen LogP contribution in [0.25, 0.3) is 0 Å². The van der Waals surface area contributed by atoms with Gasteiger partial charge in [-0.05, 0) is 46.8 Å². The van der Waals surface area contributed by atoms with Gasteiger partial charge in [-0.25, -0.2) is 0 Å². The lowest BCUT2D eigenvalue weighted by Crippen LogP contribution is -2.31. The number of halogens is 1. The third kappa shape index (κ3) is 2.81. The molecule has 0 spiro atoms. The van der Waals surface area contributed by atoms with Crippen LogP contribution in [0, 0.1) is 0 Å². The number of hydrogen-bond acceptors (Lipinski definition) is 4. The van der Waals surface area contributed by atoms with E-state index < -0.39 is 0 Å². The molecule has 114 valence electrons. The molecule has 3 rings (SSSR count). The van der Waals surface area contributed by atoms with Crippen LogP contribution in [0.5, 0.6) is 0 Å². The van der Waals surface area contributed by atoms with Crippen molar-refractivity contribution in [3.8, 4) is 0 Å². The molecule has 1 amide bonds. The van der Waals surface area contributed by atoms with Crippen LogP contribution in [0.15, 0.2) is 16.6 Å². The Hall–Kier alpha value is -0.720. The fourth-order valence-electron chi connectivity index (χ4n) is 2.97. The number of nitrogens with zero attached hydrogens (tertiary/aromatic N) is 1. The summed E-state index contributed by atoms with van der Waals surface area (Å²) in [5.41, 5.74) is 3.12. The van der Waals surface area contributed by atoms with E-state index in [2.05, 4.69) is 50.6 Å². The zero-order valence-electron chi connectivity index (χ0n) is 12.3. The number of rotatable bonds is 4. The first-order valence-corrected chi connectivity index (χ1v) is 9.25. The van der Waals surface area contributed by atoms with Crippen molar-refractivity contribution in [3.63, 3.8) is 0 Å². The molecule has 1 saturated heterocycles. The highest BCUT2D eigenvalue weighted by atomic mass is 79.9. The molecule has 0 aromatic heterocycles. The zero-order chi connectivity index (χ0) is 15.0. The van der Waals surface area contributed by atoms with E-state index in [-0.39, 0.29) is 11.9 Å². The lowest BCUT2D eigenvalue weighted by Gasteiger charge is -2.27. The van der Waals surface area contributed by atoms with Gasteiger partial charge >= 0.3 is 0 Å². The molecule has 0 bridgehead atoms. The maximum atomic E-state index is 12.1. The molecule has 2 unspecified atom stereocenters. The number of likely N-dealkylation sites (N-methyl/N-ethyl adjacent to an activating group) is 1. The van der Waals surface area contributed by atoms with Gasteiger partial charge in [-0.3, -0.25) is 4.79 Å². The van der Waals surface area contributed by atoms with Crippen molar-refractivity contribution in [2.45, 2.75) is 25.4 Å². The standard InChI is InChI=1S/C15H20BrN3OS/c1-3-17-14-10-6-11(16)13(7-12(10)18-15(14)20)19(2)9-4-5-21-8-9/h6-7,9,14,17H,3-5,8H2,1-2H3,(H,18,20). The molecule has 4 nitrogen and oxygen atoms in total. The molecule has 0 aliphatic carbocycles. The van der Waals surface area contributed by atoms with Gasteiger partial charge < -0.3 is 15.5 Å². The van der Waals surface area contributed by atoms with Crippen LogP contribution in [0.1, 0.15) is 24.9 Å². The molecule has 2 heterocycles. The van der Waals surface area contributed by atoms with Crippen LogP contribution >= 0.6 is 27.7 Å². The predicted molar refractivity (Wildman–Crippen MR) is 93.3 cm³/mol. The second kappa shape index (κ2) is 6.18. The number of carbonyl (C=O) groups excluding carboxylic acids is 1. The quantitative estimate of drug-likeness (QED) is 0.855. The molecule has 1 aromatic carbocycles. The molecule has 6 heteroatoms. The Morgan fingerprint density at radius 3 is 3.00 bits per heavy atom. The SMILES string of the molecule is CCNC1C(=O)Nc2cc(N(C)C3CCSC3)c(Br)cc21. The van der Waals surface area contributed by atoms with Gasteiger partial charge in [0.25, 0.3) is 0 Å². The Labute approximate surface area is 138 Å². The summed E-state index contributed by atoms with van der Waals surface area (Å²) in [6, 6.07) is 4.51. The number of thioether (sulfide) groups is 1. The number of nitrogens with one attached hydrogen (secondary N) is 2. The van der Waals surface area contributed by atoms with E-state index >= 15 is 0 Å². The van der Waals surface area contributed by atoms with E-state index in [0.29, 0.717) is 6.04 Å². The first-order chi connectivity index (χ1) is 10.1. The van der Waals surface area contributed by atoms with Crippen LogP contribution in [-0.4, -0.2) is 37.0 Å². The summed E-state index contributed by atoms with van der Waals surface area (Å²) < 4.78 is 1.06. The third-order valence-corrected chi connectivity index (χ3v) is 5.97. The molecule has 21 heavy (non-hydrogen) atoms. The van der Waals surface area contributed by atoms with Crippen LogP contribution in [0.4, 0.5) is 11.4 Å². The van der Waals surface area contributed by atoms with Crippen molar-refractivity contribution in [1.82, 2.24) is 5.32 Å². The molecule has 0 saturated carbocycles. The Bertz CT molecular complexity index is 560. The number of benzene rings is 1. The molecule has 2 aliphatic rings. The first-order valence-electron chi connectivity index (χ1n) is 7.30. The molecule has 2 N–H and O–H groups in total. The summed E-state index contributed by atoms with van der Waals surface area (Å²) in [6.45, 7) is 2.79. The highest BCUT2D eigenvalue weighted by molar-refractivity contribution is 9.10. The van der Waals surface area contributed by atoms with E-state index in [9.17, 15) is 4.79 Å². The van der Waals surface area contributed by atoms with Crippen LogP contribution in [0.2, 0.25) is 0 Å². The van der Waals surface area contributed by atoms with E-state index in [1.807, 2.05) is 18.7 Å². The highest BCUT2D eigenvalue weighted by Gasteiger charge is 2.32. The molecule has 2 atom stereocenters. The van der Waals surface area contributed by atoms with Crippen molar-refractivity contribution in [1.29, 1.82) is 0 Å². The van der Waals surface area contributed by atoms with Crippen LogP contribution < -0.4 is 15.5 Å². The average Bonchev–Trinajstić information content (AvgIpc) is 3.08. The fraction of sp³-hybridized carbons (Fsp3) is 0.533. The minimum atomic E-state index is -0.234. The van der Waals surface area contributed by atoms with Gasteiger partial charge in [-0.15, -0.1) is 0 Å². The number of amides is 1. The average molecular weight is 370 g/mol. The van der Waals surface area contributed by atoms with Crippen molar-refractivity contribution in [2.24, 2.45) is 0 Å². The van der Waals surface area contributed by atoms with Gasteiger partial charge in [-0.2, -0.15) is 11.8 Å². The number of anilines is 2. The topological polar surface area (TPSA) is 44.4 Å². The lowest BCUT2D eigenvalue weighted by atomic mass is 10.1. The number of carbonyl (C=O) groups is 1. The monoisotopic (exact) mass is 369 g/mol. The maximum Gasteiger partial charge on any atom is 0.246 e. The van der Waals surface area contributed by atoms with Gasteiger partial charge in [0.2, 0.25) is 5.91 Å². The summed E-state index contributed by atoms with van der Waals surface area (Å²) in [7, 11) is 2.14. The fourth-order valence-corrected chi connectivity index (χ4v) is 4.88. The minimum Gasteiger partial charge on any atom is -0.370 e. The summed E-state index contributed by atoms with van der Waals surface area (Å²) in [5, 5.41) is 6.22. The smallest absolute Gasteiger partial charge is 0.246 e. The normalized spacial score (nSPS) is 24.0. The van der Waals surface area contributed by atoms with Gasteiger partial charge in [-0.1, -0.05) is 6.92 Å². The number of fused-ring (bicyclic) bond motifs is 1. The van der Waals surface area contributed by atoms with E-state index in [1.54, 1.807) is 0 Å². The van der Waals surface area contributed by atoms with Crippen molar-refractivity contribution >= 4 is 45.0 Å². The summed E-state index contributed by atoms with van der Waals surface area (Å²) in [6.07, 6.45) is 1.22. The highest BCUT2D eigenvalue weighted by Crippen LogP contribution is 2.40. The van der Waals surface area contributed by atoms with Crippen LogP contribution in [-0.2, 0) is 4.79 Å². The second-order valence-electron chi connectivity index (χ2n) is 5.50. The second-order valence-corrected chi connectivity index (χ2v) is 7.50. The summed E-state index contributed by atoms with van der Waals surface area (Å²) in [5.74, 6) is 2.44. The minimum absolute atomic E-state index is 0.0370. The Kier molecular flexibility index (Phi) is 4.47. The van der Waals surface area contributed by atoms with E-state index in [1.165, 1.54) is 17.9 Å². The summed E-state index contributed by atoms with van der Waals surface area (Å²) in [4.78, 5) is 14.4. The van der Waals surface area contributed by atoms with Crippen molar-refractivity contribution in [3.05, 3.63) is 22.2 Å². The lowest BCUT2D eigenvalue weighted by molar-refractivity contribution is -0.117. The Morgan fingerprint density at radius 2 is 2.33 bits per heavy atom. The predicted octanol–water partition coefficient (Wildman–Crippen LogP) is 2.99. The van der Waals surface area contributed by atoms with Crippen molar-refractivity contribution < 1.29 is 4.79 Å². The summed E-state index contributed by atoms with van der Waals surface area (Å²) >= 11 is 5.69. The largest absolute Gasteiger partial charge is 0.370 e. The molecule has 1 aromatic rings. The maximum absolute atomic E-state index is 12.1. The third-order valence-electron chi connectivity index (χ3n) is 4.19. The Balaban J connectivity index is 1.92.